The Kier molecular flexibility index (Phi) is 5.89. The number of nitrogens with zero attached hydrogens (tertiary/aromatic N) is 2. The third kappa shape index (κ3) is 4.32. The first-order valence-electron chi connectivity index (χ1n) is 9.84. The summed E-state index contributed by atoms with van der Waals surface area (Å²) in [5, 5.41) is 32.4. The molecular weight excluding hydrogens is 406 g/mol. The fourth-order valence-corrected chi connectivity index (χ4v) is 3.35. The number of fused-ring (bicyclic) bond motifs is 1. The number of aromatic hydroxyl groups is 1. The van der Waals surface area contributed by atoms with Crippen LogP contribution < -0.4 is 5.32 Å². The SMILES string of the molecule is O=C(N[C@H](C(=O)O)c1ccccc1)c1ccccc1N=Nc1c(O)ccc2ccccc12. The van der Waals surface area contributed by atoms with E-state index in [1.165, 1.54) is 12.1 Å². The molecule has 0 bridgehead atoms. The summed E-state index contributed by atoms with van der Waals surface area (Å²) in [7, 11) is 0. The summed E-state index contributed by atoms with van der Waals surface area (Å²) in [4.78, 5) is 24.7. The number of phenols is 1. The van der Waals surface area contributed by atoms with E-state index < -0.39 is 17.9 Å². The summed E-state index contributed by atoms with van der Waals surface area (Å²) in [5.41, 5.74) is 1.15. The number of benzene rings is 4. The number of carboxylic acids is 1. The largest absolute Gasteiger partial charge is 0.506 e. The highest BCUT2D eigenvalue weighted by Crippen LogP contribution is 2.36. The molecule has 0 aliphatic heterocycles. The number of carbonyl (C=O) groups excluding carboxylic acids is 1. The molecule has 4 aromatic rings. The zero-order chi connectivity index (χ0) is 22.5. The molecule has 1 atom stereocenters. The van der Waals surface area contributed by atoms with Gasteiger partial charge >= 0.3 is 5.97 Å². The molecule has 7 heteroatoms. The van der Waals surface area contributed by atoms with E-state index in [2.05, 4.69) is 15.5 Å². The highest BCUT2D eigenvalue weighted by molar-refractivity contribution is 6.01. The lowest BCUT2D eigenvalue weighted by Gasteiger charge is -2.15. The van der Waals surface area contributed by atoms with Crippen molar-refractivity contribution in [3.63, 3.8) is 0 Å². The third-order valence-electron chi connectivity index (χ3n) is 4.94. The van der Waals surface area contributed by atoms with Crippen LogP contribution in [-0.4, -0.2) is 22.1 Å². The molecule has 0 aromatic heterocycles. The van der Waals surface area contributed by atoms with E-state index in [1.54, 1.807) is 54.6 Å². The van der Waals surface area contributed by atoms with Crippen molar-refractivity contribution >= 4 is 34.0 Å². The molecule has 4 rings (SSSR count). The zero-order valence-electron chi connectivity index (χ0n) is 16.8. The van der Waals surface area contributed by atoms with Gasteiger partial charge in [-0.1, -0.05) is 72.8 Å². The minimum absolute atomic E-state index is 0.0376. The topological polar surface area (TPSA) is 111 Å². The van der Waals surface area contributed by atoms with Gasteiger partial charge in [-0.05, 0) is 29.1 Å². The van der Waals surface area contributed by atoms with Gasteiger partial charge in [-0.2, -0.15) is 0 Å². The van der Waals surface area contributed by atoms with Crippen LogP contribution in [0.1, 0.15) is 22.0 Å². The summed E-state index contributed by atoms with van der Waals surface area (Å²) >= 11 is 0. The molecule has 7 nitrogen and oxygen atoms in total. The Morgan fingerprint density at radius 2 is 1.47 bits per heavy atom. The van der Waals surface area contributed by atoms with Crippen LogP contribution in [0.4, 0.5) is 11.4 Å². The smallest absolute Gasteiger partial charge is 0.330 e. The summed E-state index contributed by atoms with van der Waals surface area (Å²) in [6.07, 6.45) is 0. The van der Waals surface area contributed by atoms with Crippen LogP contribution >= 0.6 is 0 Å². The Bertz CT molecular complexity index is 1320. The second kappa shape index (κ2) is 9.09. The third-order valence-corrected chi connectivity index (χ3v) is 4.94. The zero-order valence-corrected chi connectivity index (χ0v) is 16.8. The predicted octanol–water partition coefficient (Wildman–Crippen LogP) is 5.52. The molecule has 4 aromatic carbocycles. The number of nitrogens with one attached hydrogen (secondary N) is 1. The maximum absolute atomic E-state index is 12.9. The molecule has 0 unspecified atom stereocenters. The molecule has 0 fully saturated rings. The molecule has 0 saturated heterocycles. The monoisotopic (exact) mass is 425 g/mol. The second-order valence-corrected chi connectivity index (χ2v) is 7.03. The minimum Gasteiger partial charge on any atom is -0.506 e. The Morgan fingerprint density at radius 3 is 2.25 bits per heavy atom. The van der Waals surface area contributed by atoms with Gasteiger partial charge in [0.25, 0.3) is 5.91 Å². The average Bonchev–Trinajstić information content (AvgIpc) is 2.82. The van der Waals surface area contributed by atoms with E-state index in [0.717, 1.165) is 5.39 Å². The van der Waals surface area contributed by atoms with Gasteiger partial charge < -0.3 is 15.5 Å². The van der Waals surface area contributed by atoms with Crippen molar-refractivity contribution in [1.82, 2.24) is 5.32 Å². The van der Waals surface area contributed by atoms with E-state index >= 15 is 0 Å². The van der Waals surface area contributed by atoms with Crippen LogP contribution in [-0.2, 0) is 4.79 Å². The maximum Gasteiger partial charge on any atom is 0.330 e. The molecular formula is C25H19N3O4. The molecule has 0 heterocycles. The van der Waals surface area contributed by atoms with Crippen molar-refractivity contribution in [1.29, 1.82) is 0 Å². The average molecular weight is 425 g/mol. The Labute approximate surface area is 183 Å². The number of aliphatic carboxylic acids is 1. The van der Waals surface area contributed by atoms with Crippen molar-refractivity contribution in [2.45, 2.75) is 6.04 Å². The quantitative estimate of drug-likeness (QED) is 0.353. The van der Waals surface area contributed by atoms with Gasteiger partial charge in [0.1, 0.15) is 11.4 Å². The lowest BCUT2D eigenvalue weighted by atomic mass is 10.1. The van der Waals surface area contributed by atoms with Gasteiger partial charge in [0.15, 0.2) is 6.04 Å². The van der Waals surface area contributed by atoms with Crippen LogP contribution in [0.15, 0.2) is 101 Å². The summed E-state index contributed by atoms with van der Waals surface area (Å²) in [5.74, 6) is -1.81. The van der Waals surface area contributed by atoms with E-state index in [-0.39, 0.29) is 22.7 Å². The summed E-state index contributed by atoms with van der Waals surface area (Å²) in [6, 6.07) is 24.4. The minimum atomic E-state index is -1.21. The Hall–Kier alpha value is -4.52. The number of hydrogen-bond donors (Lipinski definition) is 3. The Balaban J connectivity index is 1.66. The normalized spacial score (nSPS) is 12.0. The standard InChI is InChI=1S/C25H19N3O4/c29-21-15-14-16-8-4-5-11-18(16)23(21)28-27-20-13-7-6-12-19(20)24(30)26-22(25(31)32)17-9-2-1-3-10-17/h1-15,22,29H,(H,26,30)(H,31,32)/t22-/m0/s1. The van der Waals surface area contributed by atoms with Crippen molar-refractivity contribution in [3.05, 3.63) is 102 Å². The highest BCUT2D eigenvalue weighted by Gasteiger charge is 2.23. The number of carbonyl (C=O) groups is 2. The summed E-state index contributed by atoms with van der Waals surface area (Å²) < 4.78 is 0. The first-order valence-corrected chi connectivity index (χ1v) is 9.84. The molecule has 3 N–H and O–H groups in total. The number of phenolic OH excluding ortho intramolecular Hbond substituents is 1. The van der Waals surface area contributed by atoms with Gasteiger partial charge in [-0.25, -0.2) is 4.79 Å². The van der Waals surface area contributed by atoms with Crippen molar-refractivity contribution in [2.24, 2.45) is 10.2 Å². The predicted molar refractivity (Wildman–Crippen MR) is 121 cm³/mol. The molecule has 0 aliphatic carbocycles. The molecule has 0 radical (unpaired) electrons. The maximum atomic E-state index is 12.9. The number of azo groups is 1. The first-order chi connectivity index (χ1) is 15.5. The fourth-order valence-electron chi connectivity index (χ4n) is 3.35. The van der Waals surface area contributed by atoms with Gasteiger partial charge in [0, 0.05) is 5.39 Å². The van der Waals surface area contributed by atoms with E-state index in [9.17, 15) is 19.8 Å². The van der Waals surface area contributed by atoms with Crippen LogP contribution in [0.2, 0.25) is 0 Å². The van der Waals surface area contributed by atoms with Crippen LogP contribution in [0.5, 0.6) is 5.75 Å². The number of rotatable bonds is 6. The van der Waals surface area contributed by atoms with Gasteiger partial charge in [0.2, 0.25) is 0 Å². The number of amides is 1. The van der Waals surface area contributed by atoms with E-state index in [0.29, 0.717) is 10.9 Å². The number of hydrogen-bond acceptors (Lipinski definition) is 5. The first kappa shape index (κ1) is 20.7. The molecule has 0 spiro atoms. The van der Waals surface area contributed by atoms with E-state index in [4.69, 9.17) is 0 Å². The van der Waals surface area contributed by atoms with Crippen LogP contribution in [0, 0.1) is 0 Å². The number of carboxylic acid groups (broad SMARTS) is 1. The van der Waals surface area contributed by atoms with Crippen molar-refractivity contribution in [2.75, 3.05) is 0 Å². The van der Waals surface area contributed by atoms with Crippen LogP contribution in [0.25, 0.3) is 10.8 Å². The van der Waals surface area contributed by atoms with Gasteiger partial charge in [-0.3, -0.25) is 4.79 Å². The second-order valence-electron chi connectivity index (χ2n) is 7.03. The molecule has 0 saturated carbocycles. The lowest BCUT2D eigenvalue weighted by molar-refractivity contribution is -0.139. The molecule has 158 valence electrons. The van der Waals surface area contributed by atoms with Gasteiger partial charge in [0.05, 0.1) is 11.3 Å². The van der Waals surface area contributed by atoms with E-state index in [1.807, 2.05) is 24.3 Å². The Morgan fingerprint density at radius 1 is 0.781 bits per heavy atom. The molecule has 1 amide bonds. The van der Waals surface area contributed by atoms with Crippen molar-refractivity contribution in [3.8, 4) is 5.75 Å². The molecule has 0 aliphatic rings. The van der Waals surface area contributed by atoms with Crippen LogP contribution in [0.3, 0.4) is 0 Å². The van der Waals surface area contributed by atoms with Crippen molar-refractivity contribution < 1.29 is 19.8 Å². The van der Waals surface area contributed by atoms with Gasteiger partial charge in [-0.15, -0.1) is 10.2 Å². The fraction of sp³-hybridized carbons (Fsp3) is 0.0400. The molecule has 32 heavy (non-hydrogen) atoms. The lowest BCUT2D eigenvalue weighted by Crippen LogP contribution is -2.33. The summed E-state index contributed by atoms with van der Waals surface area (Å²) in [6.45, 7) is 0. The highest BCUT2D eigenvalue weighted by atomic mass is 16.4.